The normalized spacial score (nSPS) is 11.2. The van der Waals surface area contributed by atoms with Gasteiger partial charge in [0.15, 0.2) is 0 Å². The fourth-order valence-electron chi connectivity index (χ4n) is 4.11. The molecule has 0 saturated heterocycles. The molecule has 0 aliphatic heterocycles. The molecule has 37 heavy (non-hydrogen) atoms. The Morgan fingerprint density at radius 2 is 1.49 bits per heavy atom. The van der Waals surface area contributed by atoms with E-state index in [1.54, 1.807) is 65.8 Å². The van der Waals surface area contributed by atoms with Crippen LogP contribution in [0.4, 0.5) is 5.69 Å². The Kier molecular flexibility index (Phi) is 6.91. The maximum absolute atomic E-state index is 13.9. The van der Waals surface area contributed by atoms with Crippen molar-refractivity contribution in [3.05, 3.63) is 132 Å². The summed E-state index contributed by atoms with van der Waals surface area (Å²) in [6.45, 7) is 0.605. The number of anilines is 1. The van der Waals surface area contributed by atoms with E-state index < -0.39 is 10.0 Å². The van der Waals surface area contributed by atoms with E-state index >= 15 is 0 Å². The maximum Gasteiger partial charge on any atom is 0.264 e. The van der Waals surface area contributed by atoms with Crippen LogP contribution in [0.3, 0.4) is 0 Å². The van der Waals surface area contributed by atoms with Crippen LogP contribution in [0.15, 0.2) is 120 Å². The number of carbonyl (C=O) groups excluding carboxylic acids is 1. The van der Waals surface area contributed by atoms with Crippen molar-refractivity contribution < 1.29 is 14.6 Å². The molecule has 5 aromatic rings. The number of sulfonamides is 1. The van der Waals surface area contributed by atoms with Gasteiger partial charge in [0.1, 0.15) is 4.90 Å². The predicted molar refractivity (Wildman–Crippen MR) is 145 cm³/mol. The molecule has 0 spiro atoms. The van der Waals surface area contributed by atoms with Crippen molar-refractivity contribution in [2.45, 2.75) is 18.0 Å². The van der Waals surface area contributed by atoms with Crippen LogP contribution >= 0.6 is 0 Å². The van der Waals surface area contributed by atoms with Crippen LogP contribution in [0.25, 0.3) is 10.9 Å². The molecule has 2 aromatic heterocycles. The van der Waals surface area contributed by atoms with Crippen molar-refractivity contribution in [1.82, 2.24) is 14.9 Å². The minimum atomic E-state index is -4.04. The van der Waals surface area contributed by atoms with Crippen LogP contribution in [-0.4, -0.2) is 29.2 Å². The van der Waals surface area contributed by atoms with Gasteiger partial charge in [0.25, 0.3) is 15.9 Å². The highest BCUT2D eigenvalue weighted by Crippen LogP contribution is 2.26. The zero-order valence-electron chi connectivity index (χ0n) is 19.9. The van der Waals surface area contributed by atoms with Crippen molar-refractivity contribution >= 4 is 32.5 Å². The Bertz CT molecular complexity index is 1600. The van der Waals surface area contributed by atoms with Crippen molar-refractivity contribution in [3.8, 4) is 0 Å². The van der Waals surface area contributed by atoms with E-state index in [4.69, 9.17) is 0 Å². The highest BCUT2D eigenvalue weighted by Gasteiger charge is 2.24. The number of amides is 1. The number of hydrogen-bond donors (Lipinski definition) is 1. The Morgan fingerprint density at radius 1 is 0.757 bits per heavy atom. The van der Waals surface area contributed by atoms with E-state index in [1.807, 2.05) is 48.5 Å². The molecular formula is C29H26N4O3S. The van der Waals surface area contributed by atoms with E-state index in [1.165, 1.54) is 6.07 Å². The fourth-order valence-corrected chi connectivity index (χ4v) is 5.37. The molecule has 0 radical (unpaired) electrons. The van der Waals surface area contributed by atoms with Crippen molar-refractivity contribution in [2.75, 3.05) is 4.72 Å². The number of benzene rings is 3. The predicted octanol–water partition coefficient (Wildman–Crippen LogP) is 5.52. The van der Waals surface area contributed by atoms with E-state index in [0.29, 0.717) is 17.4 Å². The van der Waals surface area contributed by atoms with Gasteiger partial charge in [0, 0.05) is 25.8 Å². The first-order valence-electron chi connectivity index (χ1n) is 11.7. The standard InChI is InChI=1S/C29H24N4O3S.H2/c34-29(33(20-22-10-2-1-3-11-22)21-24-14-6-7-18-30-24)25-15-4-5-16-26(25)32-37(35,36)27-17-8-12-23-13-9-19-31-28(23)27;/h1-19,32H,20-21H2;1H. The quantitative estimate of drug-likeness (QED) is 0.297. The zero-order valence-corrected chi connectivity index (χ0v) is 20.7. The number of rotatable bonds is 8. The Labute approximate surface area is 217 Å². The first-order chi connectivity index (χ1) is 18.0. The number of fused-ring (bicyclic) bond motifs is 1. The largest absolute Gasteiger partial charge is 0.328 e. The molecule has 7 nitrogen and oxygen atoms in total. The van der Waals surface area contributed by atoms with Gasteiger partial charge in [-0.1, -0.05) is 66.7 Å². The lowest BCUT2D eigenvalue weighted by Crippen LogP contribution is -2.31. The van der Waals surface area contributed by atoms with E-state index in [-0.39, 0.29) is 30.0 Å². The summed E-state index contributed by atoms with van der Waals surface area (Å²) in [5.41, 5.74) is 2.48. The fraction of sp³-hybridized carbons (Fsp3) is 0.0690. The SMILES string of the molecule is O=C(c1ccccc1NS(=O)(=O)c1cccc2cccnc12)N(Cc1ccccc1)Cc1ccccn1.[HH]. The molecule has 0 unspecified atom stereocenters. The van der Waals surface area contributed by atoms with E-state index in [0.717, 1.165) is 11.3 Å². The molecule has 8 heteroatoms. The summed E-state index contributed by atoms with van der Waals surface area (Å²) < 4.78 is 29.5. The molecular weight excluding hydrogens is 484 g/mol. The second kappa shape index (κ2) is 10.6. The topological polar surface area (TPSA) is 92.3 Å². The number of nitrogens with one attached hydrogen (secondary N) is 1. The summed E-state index contributed by atoms with van der Waals surface area (Å²) in [7, 11) is -4.04. The number of para-hydroxylation sites is 2. The van der Waals surface area contributed by atoms with Crippen LogP contribution in [0, 0.1) is 0 Å². The zero-order chi connectivity index (χ0) is 25.7. The molecule has 0 saturated carbocycles. The van der Waals surface area contributed by atoms with E-state index in [9.17, 15) is 13.2 Å². The molecule has 1 N–H and O–H groups in total. The first kappa shape index (κ1) is 24.1. The number of pyridine rings is 2. The molecule has 0 aliphatic carbocycles. The summed E-state index contributed by atoms with van der Waals surface area (Å²) in [6.07, 6.45) is 3.23. The maximum atomic E-state index is 13.9. The molecule has 5 rings (SSSR count). The van der Waals surface area contributed by atoms with Crippen LogP contribution in [0.5, 0.6) is 0 Å². The molecule has 1 amide bonds. The highest BCUT2D eigenvalue weighted by molar-refractivity contribution is 7.93. The lowest BCUT2D eigenvalue weighted by Gasteiger charge is -2.24. The molecule has 3 aromatic carbocycles. The van der Waals surface area contributed by atoms with Gasteiger partial charge in [-0.25, -0.2) is 8.42 Å². The van der Waals surface area contributed by atoms with Gasteiger partial charge in [-0.3, -0.25) is 19.5 Å². The second-order valence-corrected chi connectivity index (χ2v) is 10.1. The highest BCUT2D eigenvalue weighted by atomic mass is 32.2. The lowest BCUT2D eigenvalue weighted by atomic mass is 10.1. The average Bonchev–Trinajstić information content (AvgIpc) is 2.93. The van der Waals surface area contributed by atoms with E-state index in [2.05, 4.69) is 14.7 Å². The third kappa shape index (κ3) is 5.49. The summed E-state index contributed by atoms with van der Waals surface area (Å²) in [5.74, 6) is -0.316. The smallest absolute Gasteiger partial charge is 0.264 e. The van der Waals surface area contributed by atoms with Crippen LogP contribution in [-0.2, 0) is 23.1 Å². The van der Waals surface area contributed by atoms with Gasteiger partial charge in [-0.05, 0) is 42.0 Å². The summed E-state index contributed by atoms with van der Waals surface area (Å²) in [5, 5.41) is 0.708. The van der Waals surface area contributed by atoms with Crippen molar-refractivity contribution in [1.29, 1.82) is 0 Å². The van der Waals surface area contributed by atoms with Gasteiger partial charge in [-0.15, -0.1) is 0 Å². The van der Waals surface area contributed by atoms with Crippen LogP contribution in [0.2, 0.25) is 0 Å². The number of hydrogen-bond acceptors (Lipinski definition) is 5. The Balaban J connectivity index is 0.00000336. The van der Waals surface area contributed by atoms with Crippen molar-refractivity contribution in [2.24, 2.45) is 0 Å². The third-order valence-electron chi connectivity index (χ3n) is 5.87. The Morgan fingerprint density at radius 3 is 2.30 bits per heavy atom. The Hall–Kier alpha value is -4.56. The van der Waals surface area contributed by atoms with Gasteiger partial charge < -0.3 is 4.90 Å². The molecule has 0 fully saturated rings. The molecule has 0 atom stereocenters. The monoisotopic (exact) mass is 510 g/mol. The molecule has 2 heterocycles. The minimum Gasteiger partial charge on any atom is -0.328 e. The van der Waals surface area contributed by atoms with Crippen LogP contribution < -0.4 is 4.72 Å². The van der Waals surface area contributed by atoms with Gasteiger partial charge >= 0.3 is 0 Å². The lowest BCUT2D eigenvalue weighted by molar-refractivity contribution is 0.0729. The number of carbonyl (C=O) groups is 1. The summed E-state index contributed by atoms with van der Waals surface area (Å²) in [6, 6.07) is 30.3. The van der Waals surface area contributed by atoms with Gasteiger partial charge in [0.05, 0.1) is 29.0 Å². The number of nitrogens with zero attached hydrogens (tertiary/aromatic N) is 3. The summed E-state index contributed by atoms with van der Waals surface area (Å²) >= 11 is 0. The number of aromatic nitrogens is 2. The van der Waals surface area contributed by atoms with Crippen LogP contribution in [0.1, 0.15) is 23.0 Å². The minimum absolute atomic E-state index is 0. The summed E-state index contributed by atoms with van der Waals surface area (Å²) in [4.78, 5) is 24.2. The second-order valence-electron chi connectivity index (χ2n) is 8.45. The average molecular weight is 511 g/mol. The molecule has 0 aliphatic rings. The molecule has 186 valence electrons. The van der Waals surface area contributed by atoms with Gasteiger partial charge in [0.2, 0.25) is 0 Å². The first-order valence-corrected chi connectivity index (χ1v) is 13.2. The molecule has 0 bridgehead atoms. The third-order valence-corrected chi connectivity index (χ3v) is 7.27. The van der Waals surface area contributed by atoms with Crippen molar-refractivity contribution in [3.63, 3.8) is 0 Å². The van der Waals surface area contributed by atoms with Gasteiger partial charge in [-0.2, -0.15) is 0 Å².